The van der Waals surface area contributed by atoms with Crippen molar-refractivity contribution in [3.05, 3.63) is 47.7 Å². The fourth-order valence-corrected chi connectivity index (χ4v) is 2.26. The Hall–Kier alpha value is -2.96. The van der Waals surface area contributed by atoms with Crippen molar-refractivity contribution in [3.63, 3.8) is 0 Å². The topological polar surface area (TPSA) is 77.2 Å². The average molecular weight is 315 g/mol. The summed E-state index contributed by atoms with van der Waals surface area (Å²) in [5.41, 5.74) is 1.19. The van der Waals surface area contributed by atoms with Crippen LogP contribution in [0.1, 0.15) is 23.0 Å². The Kier molecular flexibility index (Phi) is 3.92. The number of nitrogens with one attached hydrogen (secondary N) is 1. The predicted molar refractivity (Wildman–Crippen MR) is 82.2 cm³/mol. The molecule has 0 unspecified atom stereocenters. The number of benzene rings is 1. The summed E-state index contributed by atoms with van der Waals surface area (Å²) in [6, 6.07) is 5.79. The summed E-state index contributed by atoms with van der Waals surface area (Å²) in [5, 5.41) is 3.48. The van der Waals surface area contributed by atoms with Crippen molar-refractivity contribution in [2.45, 2.75) is 13.8 Å². The Balaban J connectivity index is 2.09. The largest absolute Gasteiger partial charge is 0.462 e. The number of anilines is 2. The summed E-state index contributed by atoms with van der Waals surface area (Å²) in [7, 11) is 0. The lowest BCUT2D eigenvalue weighted by atomic mass is 10.2. The van der Waals surface area contributed by atoms with E-state index in [0.29, 0.717) is 22.7 Å². The molecule has 0 aliphatic rings. The van der Waals surface area contributed by atoms with Gasteiger partial charge in [0.25, 0.3) is 0 Å². The summed E-state index contributed by atoms with van der Waals surface area (Å²) in [6.07, 6.45) is 1.33. The second-order valence-corrected chi connectivity index (χ2v) is 4.79. The van der Waals surface area contributed by atoms with Gasteiger partial charge in [-0.1, -0.05) is 0 Å². The second kappa shape index (κ2) is 6.04. The highest BCUT2D eigenvalue weighted by atomic mass is 19.1. The van der Waals surface area contributed by atoms with E-state index >= 15 is 0 Å². The monoisotopic (exact) mass is 315 g/mol. The Morgan fingerprint density at radius 2 is 2.04 bits per heavy atom. The zero-order chi connectivity index (χ0) is 16.4. The van der Waals surface area contributed by atoms with E-state index in [0.717, 1.165) is 0 Å². The molecular weight excluding hydrogens is 301 g/mol. The number of ether oxygens (including phenoxy) is 1. The minimum atomic E-state index is -0.499. The first-order valence-electron chi connectivity index (χ1n) is 7.04. The summed E-state index contributed by atoms with van der Waals surface area (Å²) >= 11 is 0. The zero-order valence-corrected chi connectivity index (χ0v) is 12.6. The van der Waals surface area contributed by atoms with E-state index in [2.05, 4.69) is 15.3 Å². The normalized spacial score (nSPS) is 10.7. The lowest BCUT2D eigenvalue weighted by Gasteiger charge is -2.07. The standard InChI is InChI=1S/C16H14FN3O3/c1-3-22-16(21)12-9(2)23-15-13(12)14(18-8-19-15)20-11-6-4-10(17)5-7-11/h4-8H,3H2,1-2H3,(H,18,19,20). The van der Waals surface area contributed by atoms with E-state index in [1.807, 2.05) is 0 Å². The number of rotatable bonds is 4. The number of halogens is 1. The zero-order valence-electron chi connectivity index (χ0n) is 12.6. The molecule has 2 aromatic heterocycles. The molecule has 3 rings (SSSR count). The number of nitrogens with zero attached hydrogens (tertiary/aromatic N) is 2. The van der Waals surface area contributed by atoms with Gasteiger partial charge in [0.15, 0.2) is 0 Å². The number of carbonyl (C=O) groups is 1. The van der Waals surface area contributed by atoms with Crippen LogP contribution in [-0.4, -0.2) is 22.5 Å². The van der Waals surface area contributed by atoms with Crippen molar-refractivity contribution >= 4 is 28.6 Å². The second-order valence-electron chi connectivity index (χ2n) is 4.79. The number of hydrogen-bond acceptors (Lipinski definition) is 6. The number of hydrogen-bond donors (Lipinski definition) is 1. The summed E-state index contributed by atoms with van der Waals surface area (Å²) < 4.78 is 23.6. The molecule has 0 aliphatic carbocycles. The highest BCUT2D eigenvalue weighted by Gasteiger charge is 2.23. The van der Waals surface area contributed by atoms with Crippen molar-refractivity contribution in [1.82, 2.24) is 9.97 Å². The first kappa shape index (κ1) is 15.0. The van der Waals surface area contributed by atoms with Crippen LogP contribution in [0.5, 0.6) is 0 Å². The van der Waals surface area contributed by atoms with Crippen LogP contribution >= 0.6 is 0 Å². The van der Waals surface area contributed by atoms with Gasteiger partial charge in [-0.15, -0.1) is 0 Å². The van der Waals surface area contributed by atoms with Gasteiger partial charge >= 0.3 is 5.97 Å². The number of carbonyl (C=O) groups excluding carboxylic acids is 1. The van der Waals surface area contributed by atoms with Gasteiger partial charge in [0.2, 0.25) is 5.71 Å². The molecule has 3 aromatic rings. The molecule has 0 bridgehead atoms. The maximum Gasteiger partial charge on any atom is 0.342 e. The van der Waals surface area contributed by atoms with E-state index < -0.39 is 5.97 Å². The predicted octanol–water partition coefficient (Wildman–Crippen LogP) is 3.59. The number of furan rings is 1. The third kappa shape index (κ3) is 2.85. The summed E-state index contributed by atoms with van der Waals surface area (Å²) in [5.74, 6) is -0.0434. The highest BCUT2D eigenvalue weighted by molar-refractivity contribution is 6.08. The lowest BCUT2D eigenvalue weighted by molar-refractivity contribution is 0.0526. The van der Waals surface area contributed by atoms with Crippen molar-refractivity contribution in [2.24, 2.45) is 0 Å². The number of fused-ring (bicyclic) bond motifs is 1. The molecule has 0 saturated carbocycles. The first-order chi connectivity index (χ1) is 11.1. The third-order valence-electron chi connectivity index (χ3n) is 3.25. The molecule has 0 spiro atoms. The maximum atomic E-state index is 13.0. The molecule has 1 aromatic carbocycles. The van der Waals surface area contributed by atoms with Gasteiger partial charge in [-0.05, 0) is 38.1 Å². The van der Waals surface area contributed by atoms with Crippen molar-refractivity contribution in [2.75, 3.05) is 11.9 Å². The lowest BCUT2D eigenvalue weighted by Crippen LogP contribution is -2.06. The van der Waals surface area contributed by atoms with Crippen molar-refractivity contribution in [3.8, 4) is 0 Å². The van der Waals surface area contributed by atoms with Crippen LogP contribution in [0, 0.1) is 12.7 Å². The average Bonchev–Trinajstić information content (AvgIpc) is 2.87. The quantitative estimate of drug-likeness (QED) is 0.741. The SMILES string of the molecule is CCOC(=O)c1c(C)oc2ncnc(Nc3ccc(F)cc3)c12. The van der Waals surface area contributed by atoms with Gasteiger partial charge in [-0.2, -0.15) is 0 Å². The van der Waals surface area contributed by atoms with Crippen LogP contribution in [0.25, 0.3) is 11.1 Å². The van der Waals surface area contributed by atoms with Crippen molar-refractivity contribution in [1.29, 1.82) is 0 Å². The molecule has 23 heavy (non-hydrogen) atoms. The molecule has 0 fully saturated rings. The molecule has 7 heteroatoms. The van der Waals surface area contributed by atoms with Gasteiger partial charge in [-0.25, -0.2) is 19.2 Å². The van der Waals surface area contributed by atoms with Crippen LogP contribution in [-0.2, 0) is 4.74 Å². The molecule has 1 N–H and O–H groups in total. The van der Waals surface area contributed by atoms with Crippen LogP contribution in [0.15, 0.2) is 35.0 Å². The molecule has 0 amide bonds. The van der Waals surface area contributed by atoms with Crippen LogP contribution in [0.2, 0.25) is 0 Å². The Morgan fingerprint density at radius 3 is 2.74 bits per heavy atom. The Bertz CT molecular complexity index is 859. The van der Waals surface area contributed by atoms with Crippen LogP contribution in [0.3, 0.4) is 0 Å². The molecule has 6 nitrogen and oxygen atoms in total. The van der Waals surface area contributed by atoms with E-state index in [4.69, 9.17) is 9.15 Å². The third-order valence-corrected chi connectivity index (χ3v) is 3.25. The van der Waals surface area contributed by atoms with Gasteiger partial charge in [0.05, 0.1) is 12.0 Å². The minimum absolute atomic E-state index is 0.249. The van der Waals surface area contributed by atoms with Gasteiger partial charge in [0.1, 0.15) is 29.3 Å². The number of aryl methyl sites for hydroxylation is 1. The molecule has 0 atom stereocenters. The van der Waals surface area contributed by atoms with Gasteiger partial charge in [0, 0.05) is 5.69 Å². The molecule has 0 saturated heterocycles. The van der Waals surface area contributed by atoms with Crippen LogP contribution in [0.4, 0.5) is 15.9 Å². The van der Waals surface area contributed by atoms with E-state index in [1.54, 1.807) is 26.0 Å². The number of esters is 1. The molecule has 118 valence electrons. The molecule has 2 heterocycles. The van der Waals surface area contributed by atoms with E-state index in [9.17, 15) is 9.18 Å². The fraction of sp³-hybridized carbons (Fsp3) is 0.188. The fourth-order valence-electron chi connectivity index (χ4n) is 2.26. The maximum absolute atomic E-state index is 13.0. The van der Waals surface area contributed by atoms with Gasteiger partial charge < -0.3 is 14.5 Å². The van der Waals surface area contributed by atoms with Crippen LogP contribution < -0.4 is 5.32 Å². The van der Waals surface area contributed by atoms with Gasteiger partial charge in [-0.3, -0.25) is 0 Å². The molecular formula is C16H14FN3O3. The van der Waals surface area contributed by atoms with E-state index in [1.165, 1.54) is 18.5 Å². The Labute approximate surface area is 131 Å². The number of aromatic nitrogens is 2. The summed E-state index contributed by atoms with van der Waals surface area (Å²) in [6.45, 7) is 3.64. The summed E-state index contributed by atoms with van der Waals surface area (Å²) in [4.78, 5) is 20.4. The minimum Gasteiger partial charge on any atom is -0.462 e. The smallest absolute Gasteiger partial charge is 0.342 e. The Morgan fingerprint density at radius 1 is 1.30 bits per heavy atom. The molecule has 0 radical (unpaired) electrons. The van der Waals surface area contributed by atoms with E-state index in [-0.39, 0.29) is 23.7 Å². The molecule has 0 aliphatic heterocycles. The van der Waals surface area contributed by atoms with Crippen molar-refractivity contribution < 1.29 is 18.3 Å². The first-order valence-corrected chi connectivity index (χ1v) is 7.04. The highest BCUT2D eigenvalue weighted by Crippen LogP contribution is 2.31.